The molecule has 1 amide bonds. The lowest BCUT2D eigenvalue weighted by Gasteiger charge is -2.13. The highest BCUT2D eigenvalue weighted by molar-refractivity contribution is 7.95. The maximum absolute atomic E-state index is 12.5. The van der Waals surface area contributed by atoms with E-state index in [4.69, 9.17) is 4.74 Å². The van der Waals surface area contributed by atoms with Gasteiger partial charge in [0.25, 0.3) is 15.9 Å². The molecule has 2 aromatic rings. The number of ether oxygens (including phenoxy) is 1. The normalized spacial score (nSPS) is 17.1. The molecule has 1 fully saturated rings. The highest BCUT2D eigenvalue weighted by atomic mass is 32.2. The number of para-hydroxylation sites is 1. The van der Waals surface area contributed by atoms with Gasteiger partial charge >= 0.3 is 0 Å². The molecule has 0 bridgehead atoms. The Labute approximate surface area is 159 Å². The van der Waals surface area contributed by atoms with Gasteiger partial charge in [0.2, 0.25) is 0 Å². The Bertz CT molecular complexity index is 905. The molecule has 1 aliphatic rings. The summed E-state index contributed by atoms with van der Waals surface area (Å²) in [6, 6.07) is 15.6. The summed E-state index contributed by atoms with van der Waals surface area (Å²) < 4.78 is 32.7. The third-order valence-corrected chi connectivity index (χ3v) is 5.18. The van der Waals surface area contributed by atoms with Gasteiger partial charge in [0.05, 0.1) is 22.8 Å². The predicted molar refractivity (Wildman–Crippen MR) is 106 cm³/mol. The van der Waals surface area contributed by atoms with Crippen LogP contribution in [0.5, 0.6) is 0 Å². The van der Waals surface area contributed by atoms with Crippen LogP contribution in [0.25, 0.3) is 6.08 Å². The molecule has 7 heteroatoms. The van der Waals surface area contributed by atoms with Crippen LogP contribution in [-0.2, 0) is 14.8 Å². The van der Waals surface area contributed by atoms with Crippen molar-refractivity contribution in [2.45, 2.75) is 18.9 Å². The Morgan fingerprint density at radius 1 is 1.11 bits per heavy atom. The lowest BCUT2D eigenvalue weighted by Crippen LogP contribution is -2.32. The molecule has 1 heterocycles. The molecule has 0 aliphatic carbocycles. The molecule has 0 radical (unpaired) electrons. The molecule has 1 aliphatic heterocycles. The number of carbonyl (C=O) groups is 1. The number of rotatable bonds is 7. The zero-order valence-corrected chi connectivity index (χ0v) is 15.6. The van der Waals surface area contributed by atoms with Crippen molar-refractivity contribution in [2.24, 2.45) is 0 Å². The van der Waals surface area contributed by atoms with Gasteiger partial charge in [0.1, 0.15) is 0 Å². The predicted octanol–water partition coefficient (Wildman–Crippen LogP) is 3.01. The molecule has 2 N–H and O–H groups in total. The first kappa shape index (κ1) is 19.1. The zero-order chi connectivity index (χ0) is 19.1. The maximum atomic E-state index is 12.5. The Morgan fingerprint density at radius 3 is 2.59 bits per heavy atom. The van der Waals surface area contributed by atoms with Crippen LogP contribution in [0, 0.1) is 0 Å². The third-order valence-electron chi connectivity index (χ3n) is 4.18. The molecular weight excluding hydrogens is 364 g/mol. The van der Waals surface area contributed by atoms with Gasteiger partial charge in [-0.15, -0.1) is 0 Å². The average Bonchev–Trinajstić information content (AvgIpc) is 3.19. The van der Waals surface area contributed by atoms with E-state index < -0.39 is 10.0 Å². The van der Waals surface area contributed by atoms with Gasteiger partial charge in [-0.1, -0.05) is 42.5 Å². The summed E-state index contributed by atoms with van der Waals surface area (Å²) in [6.07, 6.45) is 3.43. The quantitative estimate of drug-likeness (QED) is 0.766. The highest BCUT2D eigenvalue weighted by Crippen LogP contribution is 2.18. The van der Waals surface area contributed by atoms with Crippen molar-refractivity contribution in [3.8, 4) is 0 Å². The fraction of sp³-hybridized carbons (Fsp3) is 0.250. The molecule has 1 saturated heterocycles. The SMILES string of the molecule is O=C(NCC1CCCO1)c1ccccc1NS(=O)(=O)/C=C/c1ccccc1. The van der Waals surface area contributed by atoms with Crippen LogP contribution in [0.2, 0.25) is 0 Å². The van der Waals surface area contributed by atoms with E-state index in [9.17, 15) is 13.2 Å². The number of hydrogen-bond acceptors (Lipinski definition) is 4. The summed E-state index contributed by atoms with van der Waals surface area (Å²) in [4.78, 5) is 12.5. The zero-order valence-electron chi connectivity index (χ0n) is 14.8. The average molecular weight is 386 g/mol. The van der Waals surface area contributed by atoms with Crippen LogP contribution < -0.4 is 10.0 Å². The van der Waals surface area contributed by atoms with Crippen LogP contribution in [0.4, 0.5) is 5.69 Å². The van der Waals surface area contributed by atoms with Crippen molar-refractivity contribution in [2.75, 3.05) is 17.9 Å². The molecule has 1 atom stereocenters. The van der Waals surface area contributed by atoms with Crippen molar-refractivity contribution >= 4 is 27.7 Å². The Hall–Kier alpha value is -2.64. The van der Waals surface area contributed by atoms with Gasteiger partial charge in [-0.05, 0) is 36.6 Å². The largest absolute Gasteiger partial charge is 0.376 e. The standard InChI is InChI=1S/C20H22N2O4S/c23-20(21-15-17-9-6-13-26-17)18-10-4-5-11-19(18)22-27(24,25)14-12-16-7-2-1-3-8-16/h1-5,7-8,10-12,14,17,22H,6,9,13,15H2,(H,21,23)/b14-12+. The molecule has 6 nitrogen and oxygen atoms in total. The van der Waals surface area contributed by atoms with Gasteiger partial charge in [-0.25, -0.2) is 8.42 Å². The van der Waals surface area contributed by atoms with Crippen LogP contribution in [0.3, 0.4) is 0 Å². The topological polar surface area (TPSA) is 84.5 Å². The molecule has 0 spiro atoms. The van der Waals surface area contributed by atoms with E-state index in [1.165, 1.54) is 6.08 Å². The molecule has 0 aromatic heterocycles. The minimum atomic E-state index is -3.75. The lowest BCUT2D eigenvalue weighted by atomic mass is 10.1. The second kappa shape index (κ2) is 8.83. The summed E-state index contributed by atoms with van der Waals surface area (Å²) in [5, 5.41) is 3.89. The van der Waals surface area contributed by atoms with Crippen LogP contribution in [0.1, 0.15) is 28.8 Å². The van der Waals surface area contributed by atoms with Crippen molar-refractivity contribution in [1.82, 2.24) is 5.32 Å². The molecule has 27 heavy (non-hydrogen) atoms. The van der Waals surface area contributed by atoms with Crippen molar-refractivity contribution in [1.29, 1.82) is 0 Å². The monoisotopic (exact) mass is 386 g/mol. The van der Waals surface area contributed by atoms with Crippen LogP contribution in [0.15, 0.2) is 60.0 Å². The summed E-state index contributed by atoms with van der Waals surface area (Å²) in [5.74, 6) is -0.337. The summed E-state index contributed by atoms with van der Waals surface area (Å²) in [5.41, 5.74) is 1.28. The first-order valence-electron chi connectivity index (χ1n) is 8.78. The van der Waals surface area contributed by atoms with E-state index in [0.29, 0.717) is 13.2 Å². The van der Waals surface area contributed by atoms with Crippen LogP contribution in [-0.4, -0.2) is 33.6 Å². The number of benzene rings is 2. The Morgan fingerprint density at radius 2 is 1.85 bits per heavy atom. The van der Waals surface area contributed by atoms with Crippen molar-refractivity contribution in [3.05, 3.63) is 71.1 Å². The molecule has 0 saturated carbocycles. The van der Waals surface area contributed by atoms with Crippen LogP contribution >= 0.6 is 0 Å². The number of anilines is 1. The van der Waals surface area contributed by atoms with Crippen molar-refractivity contribution < 1.29 is 17.9 Å². The Kier molecular flexibility index (Phi) is 6.26. The molecule has 3 rings (SSSR count). The van der Waals surface area contributed by atoms with E-state index in [1.807, 2.05) is 18.2 Å². The van der Waals surface area contributed by atoms with E-state index in [1.54, 1.807) is 36.4 Å². The van der Waals surface area contributed by atoms with Gasteiger partial charge in [-0.3, -0.25) is 9.52 Å². The number of nitrogens with one attached hydrogen (secondary N) is 2. The summed E-state index contributed by atoms with van der Waals surface area (Å²) in [6.45, 7) is 1.12. The van der Waals surface area contributed by atoms with Crippen molar-refractivity contribution in [3.63, 3.8) is 0 Å². The second-order valence-corrected chi connectivity index (χ2v) is 7.82. The van der Waals surface area contributed by atoms with Gasteiger partial charge in [0.15, 0.2) is 0 Å². The van der Waals surface area contributed by atoms with E-state index in [2.05, 4.69) is 10.0 Å². The van der Waals surface area contributed by atoms with Gasteiger partial charge in [0, 0.05) is 13.2 Å². The number of amides is 1. The smallest absolute Gasteiger partial charge is 0.255 e. The minimum Gasteiger partial charge on any atom is -0.376 e. The van der Waals surface area contributed by atoms with Gasteiger partial charge < -0.3 is 10.1 Å². The summed E-state index contributed by atoms with van der Waals surface area (Å²) in [7, 11) is -3.75. The Balaban J connectivity index is 1.69. The fourth-order valence-electron chi connectivity index (χ4n) is 2.80. The van der Waals surface area contributed by atoms with Gasteiger partial charge in [-0.2, -0.15) is 0 Å². The lowest BCUT2D eigenvalue weighted by molar-refractivity contribution is 0.0858. The number of sulfonamides is 1. The van der Waals surface area contributed by atoms with E-state index >= 15 is 0 Å². The van der Waals surface area contributed by atoms with E-state index in [-0.39, 0.29) is 23.3 Å². The summed E-state index contributed by atoms with van der Waals surface area (Å²) >= 11 is 0. The highest BCUT2D eigenvalue weighted by Gasteiger charge is 2.19. The second-order valence-electron chi connectivity index (χ2n) is 6.25. The fourth-order valence-corrected chi connectivity index (χ4v) is 3.69. The first-order chi connectivity index (χ1) is 13.0. The number of hydrogen-bond donors (Lipinski definition) is 2. The maximum Gasteiger partial charge on any atom is 0.255 e. The molecular formula is C20H22N2O4S. The third kappa shape index (κ3) is 5.67. The number of carbonyl (C=O) groups excluding carboxylic acids is 1. The molecule has 142 valence electrons. The minimum absolute atomic E-state index is 0.0200. The van der Waals surface area contributed by atoms with E-state index in [0.717, 1.165) is 23.8 Å². The molecule has 2 aromatic carbocycles. The first-order valence-corrected chi connectivity index (χ1v) is 10.3. The molecule has 1 unspecified atom stereocenters.